The van der Waals surface area contributed by atoms with Gasteiger partial charge in [0.15, 0.2) is 0 Å². The maximum absolute atomic E-state index is 13.1. The molecule has 2 aromatic carbocycles. The van der Waals surface area contributed by atoms with Crippen molar-refractivity contribution in [1.82, 2.24) is 9.88 Å². The molecular weight excluding hydrogens is 387 g/mol. The number of hydrogen-bond acceptors (Lipinski definition) is 3. The Bertz CT molecular complexity index is 1040. The van der Waals surface area contributed by atoms with E-state index in [-0.39, 0.29) is 29.0 Å². The molecule has 2 N–H and O–H groups in total. The summed E-state index contributed by atoms with van der Waals surface area (Å²) in [5.41, 5.74) is 2.28. The van der Waals surface area contributed by atoms with Crippen molar-refractivity contribution >= 4 is 45.9 Å². The molecule has 0 spiro atoms. The zero-order chi connectivity index (χ0) is 19.7. The van der Waals surface area contributed by atoms with Crippen molar-refractivity contribution in [2.45, 2.75) is 20.3 Å². The van der Waals surface area contributed by atoms with Crippen LogP contribution < -0.4 is 5.32 Å². The molecule has 0 bridgehead atoms. The number of benzene rings is 2. The minimum atomic E-state index is -0.266. The molecule has 140 valence electrons. The Hall–Kier alpha value is -2.50. The third-order valence-corrected chi connectivity index (χ3v) is 4.96. The molecule has 5 nitrogen and oxygen atoms in total. The summed E-state index contributed by atoms with van der Waals surface area (Å²) in [6.07, 6.45) is 0.0954. The number of rotatable bonds is 4. The molecule has 0 aliphatic carbocycles. The zero-order valence-corrected chi connectivity index (χ0v) is 16.4. The molecule has 0 saturated heterocycles. The van der Waals surface area contributed by atoms with Gasteiger partial charge in [-0.2, -0.15) is 0 Å². The standard InChI is InChI=1S/C20H18Cl2N2O3/c1-3-23-19(26)9-14-11(2)24(17-10-16(22)18(25)8-15(14)17)20(27)12-4-6-13(21)7-5-12/h4-8,10,25H,3,9H2,1-2H3,(H,23,26). The van der Waals surface area contributed by atoms with Crippen molar-refractivity contribution < 1.29 is 14.7 Å². The van der Waals surface area contributed by atoms with Gasteiger partial charge >= 0.3 is 0 Å². The van der Waals surface area contributed by atoms with E-state index in [9.17, 15) is 14.7 Å². The number of hydrogen-bond donors (Lipinski definition) is 2. The van der Waals surface area contributed by atoms with Crippen molar-refractivity contribution in [3.05, 3.63) is 63.3 Å². The summed E-state index contributed by atoms with van der Waals surface area (Å²) < 4.78 is 1.51. The summed E-state index contributed by atoms with van der Waals surface area (Å²) in [6, 6.07) is 9.59. The summed E-state index contributed by atoms with van der Waals surface area (Å²) in [4.78, 5) is 25.3. The number of amides is 1. The number of aromatic nitrogens is 1. The number of aromatic hydroxyl groups is 1. The summed E-state index contributed by atoms with van der Waals surface area (Å²) in [6.45, 7) is 4.12. The van der Waals surface area contributed by atoms with Gasteiger partial charge in [-0.3, -0.25) is 14.2 Å². The third-order valence-electron chi connectivity index (χ3n) is 4.41. The van der Waals surface area contributed by atoms with Crippen LogP contribution in [0.5, 0.6) is 5.75 Å². The monoisotopic (exact) mass is 404 g/mol. The topological polar surface area (TPSA) is 71.3 Å². The fourth-order valence-corrected chi connectivity index (χ4v) is 3.40. The van der Waals surface area contributed by atoms with Gasteiger partial charge in [0.05, 0.1) is 17.0 Å². The number of phenolic OH excluding ortho intramolecular Hbond substituents is 1. The maximum Gasteiger partial charge on any atom is 0.262 e. The first-order valence-electron chi connectivity index (χ1n) is 8.42. The van der Waals surface area contributed by atoms with Crippen molar-refractivity contribution in [1.29, 1.82) is 0 Å². The molecule has 0 aliphatic rings. The highest BCUT2D eigenvalue weighted by Gasteiger charge is 2.22. The quantitative estimate of drug-likeness (QED) is 0.679. The van der Waals surface area contributed by atoms with E-state index in [0.29, 0.717) is 39.3 Å². The van der Waals surface area contributed by atoms with Crippen LogP contribution in [0.15, 0.2) is 36.4 Å². The lowest BCUT2D eigenvalue weighted by Gasteiger charge is -2.08. The van der Waals surface area contributed by atoms with Gasteiger partial charge in [0.2, 0.25) is 5.91 Å². The van der Waals surface area contributed by atoms with Crippen LogP contribution >= 0.6 is 23.2 Å². The van der Waals surface area contributed by atoms with Gasteiger partial charge in [0, 0.05) is 28.2 Å². The lowest BCUT2D eigenvalue weighted by atomic mass is 10.1. The van der Waals surface area contributed by atoms with E-state index in [1.165, 1.54) is 16.7 Å². The number of carbonyl (C=O) groups excluding carboxylic acids is 2. The smallest absolute Gasteiger partial charge is 0.262 e. The average molecular weight is 405 g/mol. The highest BCUT2D eigenvalue weighted by Crippen LogP contribution is 2.35. The molecule has 0 radical (unpaired) electrons. The van der Waals surface area contributed by atoms with E-state index in [0.717, 1.165) is 0 Å². The molecule has 0 unspecified atom stereocenters. The van der Waals surface area contributed by atoms with E-state index in [1.807, 2.05) is 6.92 Å². The zero-order valence-electron chi connectivity index (χ0n) is 14.8. The van der Waals surface area contributed by atoms with E-state index in [4.69, 9.17) is 23.2 Å². The fraction of sp³-hybridized carbons (Fsp3) is 0.200. The van der Waals surface area contributed by atoms with E-state index < -0.39 is 0 Å². The first kappa shape index (κ1) is 19.3. The molecule has 7 heteroatoms. The summed E-state index contributed by atoms with van der Waals surface area (Å²) in [5.74, 6) is -0.525. The van der Waals surface area contributed by atoms with Gasteiger partial charge in [0.1, 0.15) is 5.75 Å². The van der Waals surface area contributed by atoms with Gasteiger partial charge < -0.3 is 10.4 Å². The number of phenols is 1. The maximum atomic E-state index is 13.1. The van der Waals surface area contributed by atoms with Gasteiger partial charge in [-0.25, -0.2) is 0 Å². The van der Waals surface area contributed by atoms with E-state index in [2.05, 4.69) is 5.32 Å². The van der Waals surface area contributed by atoms with Crippen LogP contribution in [0.4, 0.5) is 0 Å². The fourth-order valence-electron chi connectivity index (χ4n) is 3.12. The molecule has 3 rings (SSSR count). The highest BCUT2D eigenvalue weighted by atomic mass is 35.5. The Kier molecular flexibility index (Phi) is 5.44. The summed E-state index contributed by atoms with van der Waals surface area (Å²) in [5, 5.41) is 14.1. The predicted octanol–water partition coefficient (Wildman–Crippen LogP) is 4.33. The number of fused-ring (bicyclic) bond motifs is 1. The average Bonchev–Trinajstić information content (AvgIpc) is 2.87. The normalized spacial score (nSPS) is 11.0. The summed E-state index contributed by atoms with van der Waals surface area (Å²) in [7, 11) is 0. The number of nitrogens with one attached hydrogen (secondary N) is 1. The van der Waals surface area contributed by atoms with Crippen molar-refractivity contribution in [3.8, 4) is 5.75 Å². The first-order chi connectivity index (χ1) is 12.8. The molecule has 0 saturated carbocycles. The van der Waals surface area contributed by atoms with Gasteiger partial charge in [-0.15, -0.1) is 0 Å². The van der Waals surface area contributed by atoms with Crippen molar-refractivity contribution in [2.24, 2.45) is 0 Å². The van der Waals surface area contributed by atoms with Gasteiger partial charge in [0.25, 0.3) is 5.91 Å². The Morgan fingerprint density at radius 1 is 1.15 bits per heavy atom. The molecule has 27 heavy (non-hydrogen) atoms. The SMILES string of the molecule is CCNC(=O)Cc1c(C)n(C(=O)c2ccc(Cl)cc2)c2cc(Cl)c(O)cc12. The van der Waals surface area contributed by atoms with Crippen LogP contribution in [-0.4, -0.2) is 28.0 Å². The van der Waals surface area contributed by atoms with Gasteiger partial charge in [-0.1, -0.05) is 23.2 Å². The molecular formula is C20H18Cl2N2O3. The minimum Gasteiger partial charge on any atom is -0.506 e. The number of carbonyl (C=O) groups is 2. The van der Waals surface area contributed by atoms with Gasteiger partial charge in [-0.05, 0) is 55.8 Å². The van der Waals surface area contributed by atoms with E-state index >= 15 is 0 Å². The Morgan fingerprint density at radius 3 is 2.44 bits per heavy atom. The molecule has 0 atom stereocenters. The number of nitrogens with zero attached hydrogens (tertiary/aromatic N) is 1. The molecule has 0 fully saturated rings. The van der Waals surface area contributed by atoms with Crippen LogP contribution in [0.1, 0.15) is 28.5 Å². The second-order valence-corrected chi connectivity index (χ2v) is 7.01. The van der Waals surface area contributed by atoms with Crippen molar-refractivity contribution in [3.63, 3.8) is 0 Å². The van der Waals surface area contributed by atoms with Crippen LogP contribution in [0.2, 0.25) is 10.0 Å². The number of likely N-dealkylation sites (N-methyl/N-ethyl adjacent to an activating group) is 1. The highest BCUT2D eigenvalue weighted by molar-refractivity contribution is 6.33. The molecule has 0 aliphatic heterocycles. The second-order valence-electron chi connectivity index (χ2n) is 6.16. The third kappa shape index (κ3) is 3.66. The van der Waals surface area contributed by atoms with Crippen molar-refractivity contribution in [2.75, 3.05) is 6.54 Å². The summed E-state index contributed by atoms with van der Waals surface area (Å²) >= 11 is 12.0. The van der Waals surface area contributed by atoms with Crippen LogP contribution in [0.3, 0.4) is 0 Å². The number of halogens is 2. The molecule has 1 aromatic heterocycles. The van der Waals surface area contributed by atoms with Crippen LogP contribution in [0, 0.1) is 6.92 Å². The molecule has 1 heterocycles. The van der Waals surface area contributed by atoms with Crippen LogP contribution in [-0.2, 0) is 11.2 Å². The second kappa shape index (κ2) is 7.62. The predicted molar refractivity (Wildman–Crippen MR) is 107 cm³/mol. The van der Waals surface area contributed by atoms with Crippen LogP contribution in [0.25, 0.3) is 10.9 Å². The lowest BCUT2D eigenvalue weighted by Crippen LogP contribution is -2.24. The Balaban J connectivity index is 2.21. The first-order valence-corrected chi connectivity index (χ1v) is 9.18. The Morgan fingerprint density at radius 2 is 1.81 bits per heavy atom. The van der Waals surface area contributed by atoms with E-state index in [1.54, 1.807) is 31.2 Å². The molecule has 3 aromatic rings. The Labute approximate surface area is 166 Å². The lowest BCUT2D eigenvalue weighted by molar-refractivity contribution is -0.120. The minimum absolute atomic E-state index is 0.0954. The largest absolute Gasteiger partial charge is 0.506 e. The molecule has 1 amide bonds.